The van der Waals surface area contributed by atoms with Crippen molar-refractivity contribution in [3.63, 3.8) is 0 Å². The van der Waals surface area contributed by atoms with Crippen LogP contribution in [0.5, 0.6) is 5.75 Å². The van der Waals surface area contributed by atoms with Crippen molar-refractivity contribution < 1.29 is 17.5 Å². The van der Waals surface area contributed by atoms with Gasteiger partial charge in [0, 0.05) is 19.3 Å². The van der Waals surface area contributed by atoms with Crippen LogP contribution in [-0.2, 0) is 10.0 Å². The second-order valence-electron chi connectivity index (χ2n) is 11.7. The first-order valence-corrected chi connectivity index (χ1v) is 16.8. The van der Waals surface area contributed by atoms with Gasteiger partial charge in [-0.05, 0) is 86.0 Å². The molecule has 12 heteroatoms. The second kappa shape index (κ2) is 11.9. The zero-order chi connectivity index (χ0) is 32.9. The average Bonchev–Trinajstić information content (AvgIpc) is 3.51. The van der Waals surface area contributed by atoms with Crippen LogP contribution in [0, 0.1) is 12.7 Å². The maximum atomic E-state index is 14.3. The Labute approximate surface area is 270 Å². The highest BCUT2D eigenvalue weighted by Gasteiger charge is 2.24. The van der Waals surface area contributed by atoms with E-state index in [0.717, 1.165) is 53.6 Å². The molecule has 1 N–H and O–H groups in total. The van der Waals surface area contributed by atoms with E-state index in [0.29, 0.717) is 16.8 Å². The van der Waals surface area contributed by atoms with Gasteiger partial charge in [0.05, 0.1) is 34.0 Å². The van der Waals surface area contributed by atoms with Crippen LogP contribution in [0.4, 0.5) is 16.0 Å². The van der Waals surface area contributed by atoms with Crippen molar-refractivity contribution in [3.05, 3.63) is 106 Å². The first-order valence-electron chi connectivity index (χ1n) is 15.4. The number of halogens is 1. The van der Waals surface area contributed by atoms with Gasteiger partial charge in [0.15, 0.2) is 11.3 Å². The van der Waals surface area contributed by atoms with Crippen LogP contribution in [0.2, 0.25) is 0 Å². The Kier molecular flexibility index (Phi) is 7.77. The zero-order valence-electron chi connectivity index (χ0n) is 26.2. The number of hydrogen-bond acceptors (Lipinski definition) is 8. The summed E-state index contributed by atoms with van der Waals surface area (Å²) >= 11 is 0. The summed E-state index contributed by atoms with van der Waals surface area (Å²) in [6.45, 7) is 6.94. The van der Waals surface area contributed by atoms with Crippen molar-refractivity contribution in [3.8, 4) is 5.75 Å². The predicted octanol–water partition coefficient (Wildman–Crippen LogP) is 6.13. The highest BCUT2D eigenvalue weighted by molar-refractivity contribution is 7.90. The molecule has 1 aliphatic rings. The number of rotatable bonds is 8. The lowest BCUT2D eigenvalue weighted by Gasteiger charge is -2.27. The van der Waals surface area contributed by atoms with Crippen molar-refractivity contribution in [1.82, 2.24) is 23.2 Å². The Morgan fingerprint density at radius 1 is 0.979 bits per heavy atom. The monoisotopic (exact) mass is 652 g/mol. The van der Waals surface area contributed by atoms with Crippen molar-refractivity contribution in [2.45, 2.75) is 31.6 Å². The van der Waals surface area contributed by atoms with Gasteiger partial charge in [-0.25, -0.2) is 26.2 Å². The zero-order valence-corrected chi connectivity index (χ0v) is 27.0. The maximum Gasteiger partial charge on any atom is 0.269 e. The standard InChI is InChI=1S/C35H33FN6O4S/c1-4-16-40-17-5-6-24(21-40)23-9-13-30(31(19-23)46-3)38-35-39-32-27(15-18-41(32)47(44,45)26-11-7-22(2)8-12-26)33-37-29-14-10-25(36)20-28(29)34(43)42(33)35/h6-15,18-20H,4-5,16-17,21H2,1-3H3,(H,38,39). The summed E-state index contributed by atoms with van der Waals surface area (Å²) in [5, 5.41) is 3.60. The van der Waals surface area contributed by atoms with E-state index in [4.69, 9.17) is 14.7 Å². The van der Waals surface area contributed by atoms with Crippen LogP contribution < -0.4 is 15.6 Å². The fourth-order valence-electron chi connectivity index (χ4n) is 6.11. The SMILES string of the molecule is CCCN1CCC=C(c2ccc(Nc3nc4c(ccn4S(=O)(=O)c4ccc(C)cc4)c4nc5ccc(F)cc5c(=O)n34)c(OC)c2)C1. The quantitative estimate of drug-likeness (QED) is 0.196. The summed E-state index contributed by atoms with van der Waals surface area (Å²) in [5.41, 5.74) is 3.57. The number of nitrogens with one attached hydrogen (secondary N) is 1. The molecule has 6 aromatic rings. The normalized spacial score (nSPS) is 14.2. The third-order valence-electron chi connectivity index (χ3n) is 8.49. The molecule has 0 spiro atoms. The van der Waals surface area contributed by atoms with Crippen molar-refractivity contribution >= 4 is 54.8 Å². The molecule has 240 valence electrons. The van der Waals surface area contributed by atoms with E-state index in [1.54, 1.807) is 25.3 Å². The smallest absolute Gasteiger partial charge is 0.269 e. The van der Waals surface area contributed by atoms with Crippen LogP contribution in [0.3, 0.4) is 0 Å². The molecule has 47 heavy (non-hydrogen) atoms. The first-order chi connectivity index (χ1) is 22.7. The van der Waals surface area contributed by atoms with Gasteiger partial charge in [-0.1, -0.05) is 36.8 Å². The van der Waals surface area contributed by atoms with Crippen molar-refractivity contribution in [1.29, 1.82) is 0 Å². The topological polar surface area (TPSA) is 111 Å². The molecule has 0 fully saturated rings. The summed E-state index contributed by atoms with van der Waals surface area (Å²) in [6.07, 6.45) is 5.68. The Bertz CT molecular complexity index is 2380. The molecule has 0 amide bonds. The number of aryl methyl sites for hydroxylation is 1. The lowest BCUT2D eigenvalue weighted by atomic mass is 10.00. The van der Waals surface area contributed by atoms with E-state index in [2.05, 4.69) is 23.2 Å². The molecule has 0 bridgehead atoms. The Morgan fingerprint density at radius 2 is 1.79 bits per heavy atom. The van der Waals surface area contributed by atoms with Gasteiger partial charge in [0.25, 0.3) is 15.6 Å². The van der Waals surface area contributed by atoms with Gasteiger partial charge in [-0.3, -0.25) is 9.69 Å². The Hall–Kier alpha value is -5.07. The largest absolute Gasteiger partial charge is 0.495 e. The molecular weight excluding hydrogens is 619 g/mol. The lowest BCUT2D eigenvalue weighted by Crippen LogP contribution is -2.30. The van der Waals surface area contributed by atoms with Gasteiger partial charge in [-0.2, -0.15) is 4.98 Å². The van der Waals surface area contributed by atoms with E-state index < -0.39 is 21.4 Å². The van der Waals surface area contributed by atoms with Gasteiger partial charge in [-0.15, -0.1) is 0 Å². The maximum absolute atomic E-state index is 14.3. The summed E-state index contributed by atoms with van der Waals surface area (Å²) in [5.74, 6) is -0.0872. The van der Waals surface area contributed by atoms with Gasteiger partial charge in [0.1, 0.15) is 11.6 Å². The molecule has 3 aromatic carbocycles. The molecule has 0 aliphatic carbocycles. The highest BCUT2D eigenvalue weighted by atomic mass is 32.2. The Balaban J connectivity index is 1.41. The minimum Gasteiger partial charge on any atom is -0.495 e. The second-order valence-corrected chi connectivity index (χ2v) is 13.5. The minimum atomic E-state index is -4.07. The minimum absolute atomic E-state index is 0.00716. The van der Waals surface area contributed by atoms with Crippen LogP contribution in [0.25, 0.3) is 33.2 Å². The molecule has 4 heterocycles. The lowest BCUT2D eigenvalue weighted by molar-refractivity contribution is 0.305. The van der Waals surface area contributed by atoms with Gasteiger partial charge in [0.2, 0.25) is 5.95 Å². The molecule has 0 unspecified atom stereocenters. The van der Waals surface area contributed by atoms with Gasteiger partial charge >= 0.3 is 0 Å². The summed E-state index contributed by atoms with van der Waals surface area (Å²) in [7, 11) is -2.51. The van der Waals surface area contributed by atoms with Crippen LogP contribution >= 0.6 is 0 Å². The first kappa shape index (κ1) is 30.6. The number of methoxy groups -OCH3 is 1. The molecule has 0 saturated heterocycles. The van der Waals surface area contributed by atoms with E-state index >= 15 is 0 Å². The number of anilines is 2. The van der Waals surface area contributed by atoms with Gasteiger partial charge < -0.3 is 10.1 Å². The molecule has 0 saturated carbocycles. The van der Waals surface area contributed by atoms with Crippen LogP contribution in [-0.4, -0.2) is 58.4 Å². The number of fused-ring (bicyclic) bond motifs is 4. The summed E-state index contributed by atoms with van der Waals surface area (Å²) < 4.78 is 50.1. The predicted molar refractivity (Wildman–Crippen MR) is 182 cm³/mol. The Morgan fingerprint density at radius 3 is 2.55 bits per heavy atom. The van der Waals surface area contributed by atoms with Crippen LogP contribution in [0.15, 0.2) is 88.7 Å². The van der Waals surface area contributed by atoms with Crippen LogP contribution in [0.1, 0.15) is 30.9 Å². The van der Waals surface area contributed by atoms with Crippen molar-refractivity contribution in [2.24, 2.45) is 0 Å². The van der Waals surface area contributed by atoms with E-state index in [9.17, 15) is 17.6 Å². The molecule has 0 radical (unpaired) electrons. The molecule has 1 aliphatic heterocycles. The fourth-order valence-corrected chi connectivity index (χ4v) is 7.41. The highest BCUT2D eigenvalue weighted by Crippen LogP contribution is 2.34. The van der Waals surface area contributed by atoms with Crippen molar-refractivity contribution in [2.75, 3.05) is 32.1 Å². The number of hydrogen-bond donors (Lipinski definition) is 1. The van der Waals surface area contributed by atoms with E-state index in [1.165, 1.54) is 40.4 Å². The van der Waals surface area contributed by atoms with E-state index in [-0.39, 0.29) is 33.0 Å². The number of aromatic nitrogens is 4. The average molecular weight is 653 g/mol. The molecule has 10 nitrogen and oxygen atoms in total. The number of benzene rings is 3. The third kappa shape index (κ3) is 5.43. The molecular formula is C35H33FN6O4S. The fraction of sp³-hybridized carbons (Fsp3) is 0.229. The molecule has 7 rings (SSSR count). The number of ether oxygens (including phenoxy) is 1. The van der Waals surface area contributed by atoms with E-state index in [1.807, 2.05) is 25.1 Å². The molecule has 3 aromatic heterocycles. The number of nitrogens with zero attached hydrogens (tertiary/aromatic N) is 5. The summed E-state index contributed by atoms with van der Waals surface area (Å²) in [6, 6.07) is 17.6. The summed E-state index contributed by atoms with van der Waals surface area (Å²) in [4.78, 5) is 25.9. The molecule has 0 atom stereocenters. The third-order valence-corrected chi connectivity index (χ3v) is 10.2.